The van der Waals surface area contributed by atoms with Gasteiger partial charge in [-0.1, -0.05) is 0 Å². The minimum absolute atomic E-state index is 0.0484. The maximum Gasteiger partial charge on any atom is 0.251 e. The van der Waals surface area contributed by atoms with Crippen molar-refractivity contribution >= 4 is 15.9 Å². The summed E-state index contributed by atoms with van der Waals surface area (Å²) in [6, 6.07) is 5.07. The van der Waals surface area contributed by atoms with Gasteiger partial charge in [0, 0.05) is 37.2 Å². The van der Waals surface area contributed by atoms with Crippen molar-refractivity contribution in [1.82, 2.24) is 14.5 Å². The summed E-state index contributed by atoms with van der Waals surface area (Å²) in [5.74, 6) is 0.556. The van der Waals surface area contributed by atoms with Crippen LogP contribution in [0.4, 0.5) is 0 Å². The topological polar surface area (TPSA) is 79.0 Å². The van der Waals surface area contributed by atoms with Crippen LogP contribution in [-0.4, -0.2) is 76.7 Å². The summed E-state index contributed by atoms with van der Waals surface area (Å²) >= 11 is 0. The smallest absolute Gasteiger partial charge is 0.251 e. The lowest BCUT2D eigenvalue weighted by Gasteiger charge is -2.23. The fourth-order valence-corrected chi connectivity index (χ4v) is 4.08. The van der Waals surface area contributed by atoms with Gasteiger partial charge in [0.1, 0.15) is 5.75 Å². The minimum atomic E-state index is -3.27. The van der Waals surface area contributed by atoms with Crippen LogP contribution >= 0.6 is 0 Å². The Balaban J connectivity index is 2.16. The zero-order valence-electron chi connectivity index (χ0n) is 15.4. The van der Waals surface area contributed by atoms with Crippen LogP contribution in [0.2, 0.25) is 0 Å². The largest absolute Gasteiger partial charge is 0.497 e. The molecule has 1 aliphatic rings. The van der Waals surface area contributed by atoms with Crippen LogP contribution < -0.4 is 10.1 Å². The molecule has 1 fully saturated rings. The average Bonchev–Trinajstić information content (AvgIpc) is 2.89. The van der Waals surface area contributed by atoms with E-state index in [9.17, 15) is 13.2 Å². The van der Waals surface area contributed by atoms with Crippen LogP contribution in [0.25, 0.3) is 0 Å². The van der Waals surface area contributed by atoms with E-state index in [1.807, 2.05) is 32.0 Å². The summed E-state index contributed by atoms with van der Waals surface area (Å²) in [5, 5.41) is 3.02. The Morgan fingerprint density at radius 2 is 2.04 bits per heavy atom. The molecular weight excluding hydrogens is 342 g/mol. The van der Waals surface area contributed by atoms with E-state index in [2.05, 4.69) is 5.32 Å². The molecule has 2 atom stereocenters. The Bertz CT molecular complexity index is 733. The highest BCUT2D eigenvalue weighted by molar-refractivity contribution is 7.88. The molecule has 0 spiro atoms. The first-order valence-electron chi connectivity index (χ1n) is 8.17. The van der Waals surface area contributed by atoms with E-state index in [0.717, 1.165) is 5.56 Å². The average molecular weight is 369 g/mol. The summed E-state index contributed by atoms with van der Waals surface area (Å²) in [4.78, 5) is 14.7. The maximum absolute atomic E-state index is 12.7. The highest BCUT2D eigenvalue weighted by Crippen LogP contribution is 2.22. The molecule has 1 aliphatic heterocycles. The summed E-state index contributed by atoms with van der Waals surface area (Å²) in [6.07, 6.45) is 1.21. The first-order chi connectivity index (χ1) is 11.6. The molecule has 8 heteroatoms. The molecule has 1 aromatic carbocycles. The van der Waals surface area contributed by atoms with E-state index >= 15 is 0 Å². The van der Waals surface area contributed by atoms with Crippen molar-refractivity contribution in [3.8, 4) is 5.75 Å². The predicted octanol–water partition coefficient (Wildman–Crippen LogP) is 0.555. The Labute approximate surface area is 150 Å². The van der Waals surface area contributed by atoms with Gasteiger partial charge in [-0.3, -0.25) is 4.79 Å². The fourth-order valence-electron chi connectivity index (χ4n) is 3.18. The second-order valence-electron chi connectivity index (χ2n) is 6.86. The quantitative estimate of drug-likeness (QED) is 0.792. The molecule has 0 aliphatic carbocycles. The van der Waals surface area contributed by atoms with Gasteiger partial charge in [-0.15, -0.1) is 0 Å². The molecule has 2 unspecified atom stereocenters. The molecule has 140 valence electrons. The molecule has 1 aromatic rings. The number of carbonyl (C=O) groups excluding carboxylic acids is 1. The van der Waals surface area contributed by atoms with Crippen molar-refractivity contribution in [2.75, 3.05) is 47.1 Å². The first kappa shape index (κ1) is 19.7. The van der Waals surface area contributed by atoms with Crippen LogP contribution in [-0.2, 0) is 10.0 Å². The number of hydrogen-bond donors (Lipinski definition) is 1. The summed E-state index contributed by atoms with van der Waals surface area (Å²) < 4.78 is 30.4. The summed E-state index contributed by atoms with van der Waals surface area (Å²) in [6.45, 7) is 3.28. The first-order valence-corrected chi connectivity index (χ1v) is 10.0. The highest BCUT2D eigenvalue weighted by atomic mass is 32.2. The molecule has 0 radical (unpaired) electrons. The summed E-state index contributed by atoms with van der Waals surface area (Å²) in [7, 11) is 2.19. The Morgan fingerprint density at radius 3 is 2.56 bits per heavy atom. The lowest BCUT2D eigenvalue weighted by Crippen LogP contribution is -2.43. The molecule has 1 N–H and O–H groups in total. The number of nitrogens with one attached hydrogen (secondary N) is 1. The molecule has 1 amide bonds. The monoisotopic (exact) mass is 369 g/mol. The zero-order valence-corrected chi connectivity index (χ0v) is 16.3. The van der Waals surface area contributed by atoms with Gasteiger partial charge in [0.05, 0.1) is 13.4 Å². The number of carbonyl (C=O) groups is 1. The standard InChI is InChI=1S/C17H27N3O4S/c1-12-8-14(24-4)6-7-15(12)17(21)18-16-11-20(25(5,22)23)10-13(16)9-19(2)3/h6-8,13,16H,9-11H2,1-5H3,(H,18,21). The van der Waals surface area contributed by atoms with Gasteiger partial charge in [-0.2, -0.15) is 4.31 Å². The third-order valence-corrected chi connectivity index (χ3v) is 5.71. The third-order valence-electron chi connectivity index (χ3n) is 4.47. The zero-order chi connectivity index (χ0) is 18.8. The van der Waals surface area contributed by atoms with Crippen molar-refractivity contribution in [2.45, 2.75) is 13.0 Å². The number of aryl methyl sites for hydroxylation is 1. The van der Waals surface area contributed by atoms with Crippen LogP contribution in [0.1, 0.15) is 15.9 Å². The number of nitrogens with zero attached hydrogens (tertiary/aromatic N) is 2. The van der Waals surface area contributed by atoms with Crippen LogP contribution in [0.15, 0.2) is 18.2 Å². The molecule has 1 saturated heterocycles. The van der Waals surface area contributed by atoms with E-state index in [4.69, 9.17) is 4.74 Å². The highest BCUT2D eigenvalue weighted by Gasteiger charge is 2.38. The van der Waals surface area contributed by atoms with Gasteiger partial charge < -0.3 is 15.0 Å². The molecule has 7 nitrogen and oxygen atoms in total. The van der Waals surface area contributed by atoms with E-state index in [0.29, 0.717) is 30.9 Å². The molecule has 0 bridgehead atoms. The van der Waals surface area contributed by atoms with E-state index in [-0.39, 0.29) is 17.9 Å². The number of benzene rings is 1. The second-order valence-corrected chi connectivity index (χ2v) is 8.85. The number of hydrogen-bond acceptors (Lipinski definition) is 5. The van der Waals surface area contributed by atoms with Gasteiger partial charge in [0.2, 0.25) is 10.0 Å². The van der Waals surface area contributed by atoms with Gasteiger partial charge in [-0.05, 0) is 44.8 Å². The second kappa shape index (κ2) is 7.72. The van der Waals surface area contributed by atoms with Crippen molar-refractivity contribution < 1.29 is 17.9 Å². The number of sulfonamides is 1. The van der Waals surface area contributed by atoms with Crippen molar-refractivity contribution in [2.24, 2.45) is 5.92 Å². The van der Waals surface area contributed by atoms with Crippen LogP contribution in [0, 0.1) is 12.8 Å². The SMILES string of the molecule is COc1ccc(C(=O)NC2CN(S(C)(=O)=O)CC2CN(C)C)c(C)c1. The van der Waals surface area contributed by atoms with Gasteiger partial charge >= 0.3 is 0 Å². The Hall–Kier alpha value is -1.64. The number of methoxy groups -OCH3 is 1. The lowest BCUT2D eigenvalue weighted by atomic mass is 10.0. The lowest BCUT2D eigenvalue weighted by molar-refractivity contribution is 0.0926. The normalized spacial score (nSPS) is 21.5. The van der Waals surface area contributed by atoms with Crippen molar-refractivity contribution in [3.63, 3.8) is 0 Å². The third kappa shape index (κ3) is 4.93. The molecule has 0 aromatic heterocycles. The van der Waals surface area contributed by atoms with Crippen molar-refractivity contribution in [1.29, 1.82) is 0 Å². The Morgan fingerprint density at radius 1 is 1.36 bits per heavy atom. The molecule has 25 heavy (non-hydrogen) atoms. The molecule has 1 heterocycles. The van der Waals surface area contributed by atoms with Gasteiger partial charge in [0.15, 0.2) is 0 Å². The Kier molecular flexibility index (Phi) is 6.08. The van der Waals surface area contributed by atoms with Crippen LogP contribution in [0.5, 0.6) is 5.75 Å². The van der Waals surface area contributed by atoms with Gasteiger partial charge in [-0.25, -0.2) is 8.42 Å². The number of ether oxygens (including phenoxy) is 1. The van der Waals surface area contributed by atoms with Gasteiger partial charge in [0.25, 0.3) is 5.91 Å². The predicted molar refractivity (Wildman–Crippen MR) is 97.4 cm³/mol. The summed E-state index contributed by atoms with van der Waals surface area (Å²) in [5.41, 5.74) is 1.39. The van der Waals surface area contributed by atoms with E-state index in [1.165, 1.54) is 10.6 Å². The van der Waals surface area contributed by atoms with Crippen LogP contribution in [0.3, 0.4) is 0 Å². The molecular formula is C17H27N3O4S. The minimum Gasteiger partial charge on any atom is -0.497 e. The molecule has 2 rings (SSSR count). The molecule has 0 saturated carbocycles. The number of rotatable bonds is 6. The van der Waals surface area contributed by atoms with E-state index < -0.39 is 10.0 Å². The van der Waals surface area contributed by atoms with Crippen molar-refractivity contribution in [3.05, 3.63) is 29.3 Å². The van der Waals surface area contributed by atoms with E-state index in [1.54, 1.807) is 19.2 Å². The fraction of sp³-hybridized carbons (Fsp3) is 0.588. The number of amides is 1. The maximum atomic E-state index is 12.7.